The number of hydrogen-bond donors (Lipinski definition) is 2. The topological polar surface area (TPSA) is 41.1 Å². The Morgan fingerprint density at radius 3 is 2.09 bits per heavy atom. The number of thiophene rings is 1. The third-order valence-corrected chi connectivity index (χ3v) is 3.65. The van der Waals surface area contributed by atoms with Crippen LogP contribution in [0.1, 0.15) is 9.75 Å². The second-order valence-electron chi connectivity index (χ2n) is 4.34. The summed E-state index contributed by atoms with van der Waals surface area (Å²) >= 11 is 1.41. The molecule has 1 aromatic carbocycles. The van der Waals surface area contributed by atoms with Gasteiger partial charge in [-0.05, 0) is 25.1 Å². The fraction of sp³-hybridized carbons (Fsp3) is 0.0714. The lowest BCUT2D eigenvalue weighted by molar-refractivity contribution is -0.116. The minimum Gasteiger partial charge on any atom is -0.293 e. The Morgan fingerprint density at radius 2 is 1.57 bits per heavy atom. The van der Waals surface area contributed by atoms with Gasteiger partial charge < -0.3 is 0 Å². The van der Waals surface area contributed by atoms with E-state index in [4.69, 9.17) is 0 Å². The highest BCUT2D eigenvalue weighted by atomic mass is 32.1. The quantitative estimate of drug-likeness (QED) is 0.289. The number of amides is 1. The highest BCUT2D eigenvalue weighted by Crippen LogP contribution is 2.26. The summed E-state index contributed by atoms with van der Waals surface area (Å²) in [6.07, 6.45) is 2.48. The number of hydrogen-bond acceptors (Lipinski definition) is 3. The number of halogens is 5. The highest BCUT2D eigenvalue weighted by Gasteiger charge is 2.25. The Bertz CT molecular complexity index is 759. The molecule has 0 saturated carbocycles. The van der Waals surface area contributed by atoms with Gasteiger partial charge in [0.1, 0.15) is 5.69 Å². The number of hydrazine groups is 1. The van der Waals surface area contributed by atoms with Gasteiger partial charge in [-0.25, -0.2) is 22.0 Å². The van der Waals surface area contributed by atoms with Gasteiger partial charge in [0.05, 0.1) is 0 Å². The number of carbonyl (C=O) groups is 1. The van der Waals surface area contributed by atoms with Crippen molar-refractivity contribution in [1.29, 1.82) is 0 Å². The largest absolute Gasteiger partial charge is 0.293 e. The molecule has 0 radical (unpaired) electrons. The highest BCUT2D eigenvalue weighted by molar-refractivity contribution is 7.12. The summed E-state index contributed by atoms with van der Waals surface area (Å²) < 4.78 is 65.5. The van der Waals surface area contributed by atoms with Crippen molar-refractivity contribution in [2.24, 2.45) is 0 Å². The van der Waals surface area contributed by atoms with Crippen molar-refractivity contribution >= 4 is 29.0 Å². The molecule has 0 aliphatic heterocycles. The third kappa shape index (κ3) is 3.67. The van der Waals surface area contributed by atoms with Crippen LogP contribution in [-0.2, 0) is 4.79 Å². The second-order valence-corrected chi connectivity index (χ2v) is 5.66. The number of nitrogens with one attached hydrogen (secondary N) is 2. The average Bonchev–Trinajstić information content (AvgIpc) is 2.94. The smallest absolute Gasteiger partial charge is 0.262 e. The van der Waals surface area contributed by atoms with Gasteiger partial charge in [-0.15, -0.1) is 11.3 Å². The first-order chi connectivity index (χ1) is 10.8. The fourth-order valence-electron chi connectivity index (χ4n) is 1.58. The molecular formula is C14H9F5N2OS. The molecule has 9 heteroatoms. The number of benzene rings is 1. The molecule has 2 aromatic rings. The van der Waals surface area contributed by atoms with Crippen LogP contribution in [0.3, 0.4) is 0 Å². The van der Waals surface area contributed by atoms with Gasteiger partial charge in [-0.3, -0.25) is 15.6 Å². The van der Waals surface area contributed by atoms with Crippen LogP contribution in [-0.4, -0.2) is 5.91 Å². The predicted octanol–water partition coefficient (Wildman–Crippen LogP) is 3.91. The van der Waals surface area contributed by atoms with Gasteiger partial charge in [0.2, 0.25) is 5.82 Å². The van der Waals surface area contributed by atoms with E-state index < -0.39 is 40.7 Å². The van der Waals surface area contributed by atoms with E-state index in [2.05, 4.69) is 0 Å². The first-order valence-electron chi connectivity index (χ1n) is 6.13. The van der Waals surface area contributed by atoms with Crippen LogP contribution in [0.25, 0.3) is 6.08 Å². The molecule has 0 fully saturated rings. The standard InChI is InChI=1S/C14H9F5N2OS/c1-6-2-3-7(23-6)4-5-8(22)20-21-14-12(18)10(16)9(15)11(17)13(14)19/h2-5,21H,1H3,(H,20,22). The van der Waals surface area contributed by atoms with E-state index >= 15 is 0 Å². The molecule has 1 aromatic heterocycles. The number of anilines is 1. The summed E-state index contributed by atoms with van der Waals surface area (Å²) in [7, 11) is 0. The van der Waals surface area contributed by atoms with E-state index in [1.807, 2.05) is 18.4 Å². The molecular weight excluding hydrogens is 339 g/mol. The van der Waals surface area contributed by atoms with E-state index in [9.17, 15) is 26.7 Å². The fourth-order valence-corrected chi connectivity index (χ4v) is 2.36. The lowest BCUT2D eigenvalue weighted by Crippen LogP contribution is -2.29. The summed E-state index contributed by atoms with van der Waals surface area (Å²) in [6.45, 7) is 1.87. The van der Waals surface area contributed by atoms with Gasteiger partial charge in [0, 0.05) is 15.8 Å². The van der Waals surface area contributed by atoms with Crippen molar-refractivity contribution in [3.63, 3.8) is 0 Å². The van der Waals surface area contributed by atoms with Crippen LogP contribution >= 0.6 is 11.3 Å². The first-order valence-corrected chi connectivity index (χ1v) is 6.95. The molecule has 2 rings (SSSR count). The minimum absolute atomic E-state index is 0.758. The third-order valence-electron chi connectivity index (χ3n) is 2.68. The minimum atomic E-state index is -2.27. The van der Waals surface area contributed by atoms with E-state index in [1.165, 1.54) is 17.4 Å². The first kappa shape index (κ1) is 16.9. The van der Waals surface area contributed by atoms with Crippen molar-refractivity contribution in [3.05, 3.63) is 57.0 Å². The van der Waals surface area contributed by atoms with E-state index in [0.29, 0.717) is 0 Å². The molecule has 0 spiro atoms. The molecule has 2 N–H and O–H groups in total. The number of rotatable bonds is 4. The Balaban J connectivity index is 2.09. The van der Waals surface area contributed by atoms with Crippen LogP contribution in [0, 0.1) is 36.0 Å². The summed E-state index contributed by atoms with van der Waals surface area (Å²) in [6, 6.07) is 3.58. The normalized spacial score (nSPS) is 11.0. The lowest BCUT2D eigenvalue weighted by atomic mass is 10.2. The molecule has 1 heterocycles. The molecule has 0 bridgehead atoms. The summed E-state index contributed by atoms with van der Waals surface area (Å²) in [5, 5.41) is 0. The maximum atomic E-state index is 13.4. The molecule has 0 atom stereocenters. The van der Waals surface area contributed by atoms with Gasteiger partial charge in [-0.1, -0.05) is 0 Å². The Hall–Kier alpha value is -2.42. The maximum absolute atomic E-state index is 13.4. The zero-order valence-electron chi connectivity index (χ0n) is 11.5. The SMILES string of the molecule is Cc1ccc(C=CC(=O)NNc2c(F)c(F)c(F)c(F)c2F)s1. The van der Waals surface area contributed by atoms with E-state index in [0.717, 1.165) is 15.8 Å². The second kappa shape index (κ2) is 6.78. The van der Waals surface area contributed by atoms with E-state index in [1.54, 1.807) is 11.5 Å². The van der Waals surface area contributed by atoms with Crippen LogP contribution < -0.4 is 10.9 Å². The molecule has 1 amide bonds. The monoisotopic (exact) mass is 348 g/mol. The zero-order chi connectivity index (χ0) is 17.1. The Kier molecular flexibility index (Phi) is 4.99. The zero-order valence-corrected chi connectivity index (χ0v) is 12.3. The molecule has 0 aliphatic rings. The maximum Gasteiger partial charge on any atom is 0.262 e. The Morgan fingerprint density at radius 1 is 1.00 bits per heavy atom. The lowest BCUT2D eigenvalue weighted by Gasteiger charge is -2.10. The molecule has 0 aliphatic carbocycles. The predicted molar refractivity (Wildman–Crippen MR) is 76.1 cm³/mol. The van der Waals surface area contributed by atoms with Gasteiger partial charge in [-0.2, -0.15) is 0 Å². The van der Waals surface area contributed by atoms with Crippen molar-refractivity contribution < 1.29 is 26.7 Å². The van der Waals surface area contributed by atoms with Crippen LogP contribution in [0.2, 0.25) is 0 Å². The van der Waals surface area contributed by atoms with Crippen LogP contribution in [0.15, 0.2) is 18.2 Å². The molecule has 122 valence electrons. The molecule has 23 heavy (non-hydrogen) atoms. The van der Waals surface area contributed by atoms with Crippen molar-refractivity contribution in [1.82, 2.24) is 5.43 Å². The van der Waals surface area contributed by atoms with Crippen LogP contribution in [0.5, 0.6) is 0 Å². The van der Waals surface area contributed by atoms with Crippen LogP contribution in [0.4, 0.5) is 27.6 Å². The van der Waals surface area contributed by atoms with Crippen molar-refractivity contribution in [2.75, 3.05) is 5.43 Å². The van der Waals surface area contributed by atoms with Crippen molar-refractivity contribution in [2.45, 2.75) is 6.92 Å². The molecule has 0 unspecified atom stereocenters. The number of carbonyl (C=O) groups excluding carboxylic acids is 1. The average molecular weight is 348 g/mol. The molecule has 3 nitrogen and oxygen atoms in total. The van der Waals surface area contributed by atoms with Crippen molar-refractivity contribution in [3.8, 4) is 0 Å². The van der Waals surface area contributed by atoms with Gasteiger partial charge in [0.25, 0.3) is 5.91 Å². The van der Waals surface area contributed by atoms with E-state index in [-0.39, 0.29) is 0 Å². The van der Waals surface area contributed by atoms with Gasteiger partial charge in [0.15, 0.2) is 23.3 Å². The summed E-state index contributed by atoms with van der Waals surface area (Å²) in [5.74, 6) is -11.5. The molecule has 0 saturated heterocycles. The summed E-state index contributed by atoms with van der Waals surface area (Å²) in [5.41, 5.74) is 2.17. The Labute approximate surface area is 131 Å². The number of aryl methyl sites for hydroxylation is 1. The van der Waals surface area contributed by atoms with Gasteiger partial charge >= 0.3 is 0 Å². The summed E-state index contributed by atoms with van der Waals surface area (Å²) in [4.78, 5) is 13.3.